The molecule has 238 valence electrons. The van der Waals surface area contributed by atoms with Gasteiger partial charge < -0.3 is 10.6 Å². The molecule has 0 spiro atoms. The fourth-order valence-electron chi connectivity index (χ4n) is 4.57. The third-order valence-electron chi connectivity index (χ3n) is 6.72. The highest BCUT2D eigenvalue weighted by atomic mass is 32.2. The lowest BCUT2D eigenvalue weighted by molar-refractivity contribution is -0.137. The number of hydrogen-bond donors (Lipinski definition) is 2. The number of amides is 2. The van der Waals surface area contributed by atoms with Crippen LogP contribution in [0.4, 0.5) is 24.5 Å². The first-order valence-electron chi connectivity index (χ1n) is 14.2. The Bertz CT molecular complexity index is 2020. The summed E-state index contributed by atoms with van der Waals surface area (Å²) in [5.41, 5.74) is 2.55. The van der Waals surface area contributed by atoms with E-state index in [0.29, 0.717) is 27.2 Å². The summed E-state index contributed by atoms with van der Waals surface area (Å²) < 4.78 is 42.3. The number of halogens is 3. The number of fused-ring (bicyclic) bond motifs is 1. The van der Waals surface area contributed by atoms with E-state index in [2.05, 4.69) is 25.8 Å². The van der Waals surface area contributed by atoms with E-state index in [9.17, 15) is 22.8 Å². The highest BCUT2D eigenvalue weighted by Crippen LogP contribution is 2.33. The van der Waals surface area contributed by atoms with Gasteiger partial charge in [-0.2, -0.15) is 13.2 Å². The highest BCUT2D eigenvalue weighted by Gasteiger charge is 2.30. The third kappa shape index (κ3) is 8.39. The minimum Gasteiger partial charge on any atom is -0.325 e. The Labute approximate surface area is 279 Å². The molecule has 0 aliphatic heterocycles. The van der Waals surface area contributed by atoms with E-state index in [1.54, 1.807) is 12.1 Å². The molecule has 47 heavy (non-hydrogen) atoms. The van der Waals surface area contributed by atoms with Gasteiger partial charge in [0, 0.05) is 16.9 Å². The van der Waals surface area contributed by atoms with Crippen molar-refractivity contribution in [3.63, 3.8) is 0 Å². The first-order chi connectivity index (χ1) is 22.7. The first-order valence-corrected chi connectivity index (χ1v) is 17.0. The number of hydrogen-bond acceptors (Lipinski definition) is 8. The van der Waals surface area contributed by atoms with Gasteiger partial charge in [0.2, 0.25) is 11.8 Å². The Hall–Kier alpha value is -4.66. The molecule has 0 atom stereocenters. The lowest BCUT2D eigenvalue weighted by atomic mass is 10.2. The van der Waals surface area contributed by atoms with E-state index in [0.717, 1.165) is 33.8 Å². The summed E-state index contributed by atoms with van der Waals surface area (Å²) in [6, 6.07) is 29.6. The third-order valence-corrected chi connectivity index (χ3v) is 9.85. The molecular formula is C33H25F3N6O2S3. The van der Waals surface area contributed by atoms with Gasteiger partial charge in [0.25, 0.3) is 0 Å². The summed E-state index contributed by atoms with van der Waals surface area (Å²) in [6.45, 7) is 0.553. The van der Waals surface area contributed by atoms with Crippen molar-refractivity contribution in [3.8, 4) is 11.4 Å². The van der Waals surface area contributed by atoms with Crippen LogP contribution in [0, 0.1) is 0 Å². The average Bonchev–Trinajstić information content (AvgIpc) is 3.66. The maximum Gasteiger partial charge on any atom is 0.416 e. The molecule has 0 aliphatic rings. The molecule has 2 aromatic heterocycles. The van der Waals surface area contributed by atoms with Gasteiger partial charge in [-0.05, 0) is 42.0 Å². The fraction of sp³-hybridized carbons (Fsp3) is 0.121. The molecule has 0 saturated carbocycles. The van der Waals surface area contributed by atoms with Crippen molar-refractivity contribution in [2.24, 2.45) is 0 Å². The van der Waals surface area contributed by atoms with Gasteiger partial charge in [-0.15, -0.1) is 21.5 Å². The van der Waals surface area contributed by atoms with Crippen molar-refractivity contribution < 1.29 is 22.8 Å². The molecule has 4 aromatic carbocycles. The molecule has 6 rings (SSSR count). The number of nitrogens with zero attached hydrogens (tertiary/aromatic N) is 4. The zero-order chi connectivity index (χ0) is 32.8. The van der Waals surface area contributed by atoms with Crippen molar-refractivity contribution in [2.75, 3.05) is 22.1 Å². The van der Waals surface area contributed by atoms with Gasteiger partial charge in [0.05, 0.1) is 33.8 Å². The molecule has 0 aliphatic carbocycles. The summed E-state index contributed by atoms with van der Waals surface area (Å²) in [6.07, 6.45) is -4.50. The normalized spacial score (nSPS) is 11.5. The standard InChI is InChI=1S/C33H25F3N6O2S3/c34-33(35,36)23-12-7-13-24(16-23)37-29(44)20-46-32-39-26-15-14-25(17-27(26)47-32)38-28(43)19-45-31-41-40-30(22-10-5-2-6-11-22)42(31)18-21-8-3-1-4-9-21/h1-17H,18-20H2,(H,37,44)(H,38,43). The number of thioether (sulfide) groups is 2. The molecule has 6 aromatic rings. The molecule has 8 nitrogen and oxygen atoms in total. The Morgan fingerprint density at radius 2 is 1.45 bits per heavy atom. The molecule has 2 N–H and O–H groups in total. The van der Waals surface area contributed by atoms with Crippen LogP contribution in [0.5, 0.6) is 0 Å². The minimum atomic E-state index is -4.50. The maximum absolute atomic E-state index is 13.0. The van der Waals surface area contributed by atoms with Crippen LogP contribution in [0.15, 0.2) is 113 Å². The Balaban J connectivity index is 1.06. The summed E-state index contributed by atoms with van der Waals surface area (Å²) >= 11 is 3.83. The highest BCUT2D eigenvalue weighted by molar-refractivity contribution is 8.01. The Morgan fingerprint density at radius 1 is 0.766 bits per heavy atom. The number of carbonyl (C=O) groups is 2. The van der Waals surface area contributed by atoms with Crippen LogP contribution in [0.2, 0.25) is 0 Å². The Morgan fingerprint density at radius 3 is 2.17 bits per heavy atom. The monoisotopic (exact) mass is 690 g/mol. The van der Waals surface area contributed by atoms with Crippen LogP contribution in [-0.2, 0) is 22.3 Å². The molecule has 0 unspecified atom stereocenters. The molecule has 14 heteroatoms. The summed E-state index contributed by atoms with van der Waals surface area (Å²) in [5.74, 6) is 0.141. The van der Waals surface area contributed by atoms with Crippen molar-refractivity contribution in [3.05, 3.63) is 114 Å². The van der Waals surface area contributed by atoms with Crippen LogP contribution in [0.25, 0.3) is 21.6 Å². The van der Waals surface area contributed by atoms with Crippen molar-refractivity contribution in [2.45, 2.75) is 22.2 Å². The predicted molar refractivity (Wildman–Crippen MR) is 181 cm³/mol. The van der Waals surface area contributed by atoms with Gasteiger partial charge in [0.1, 0.15) is 0 Å². The second-order valence-electron chi connectivity index (χ2n) is 10.2. The lowest BCUT2D eigenvalue weighted by Crippen LogP contribution is -2.15. The van der Waals surface area contributed by atoms with E-state index >= 15 is 0 Å². The van der Waals surface area contributed by atoms with Crippen molar-refractivity contribution in [1.29, 1.82) is 0 Å². The number of aromatic nitrogens is 4. The number of benzene rings is 4. The molecule has 0 bridgehead atoms. The molecule has 0 fully saturated rings. The lowest BCUT2D eigenvalue weighted by Gasteiger charge is -2.11. The summed E-state index contributed by atoms with van der Waals surface area (Å²) in [4.78, 5) is 29.9. The van der Waals surface area contributed by atoms with Gasteiger partial charge in [-0.1, -0.05) is 90.3 Å². The van der Waals surface area contributed by atoms with E-state index in [1.807, 2.05) is 71.3 Å². The van der Waals surface area contributed by atoms with Crippen molar-refractivity contribution >= 4 is 68.3 Å². The smallest absolute Gasteiger partial charge is 0.325 e. The molecule has 0 saturated heterocycles. The second-order valence-corrected chi connectivity index (χ2v) is 13.4. The van der Waals surface area contributed by atoms with E-state index < -0.39 is 17.6 Å². The number of thiazole rings is 1. The quantitative estimate of drug-likeness (QED) is 0.133. The van der Waals surface area contributed by atoms with Gasteiger partial charge in [0.15, 0.2) is 15.3 Å². The van der Waals surface area contributed by atoms with E-state index in [-0.39, 0.29) is 23.1 Å². The number of anilines is 2. The number of rotatable bonds is 11. The zero-order valence-electron chi connectivity index (χ0n) is 24.4. The second kappa shape index (κ2) is 14.4. The molecular weight excluding hydrogens is 666 g/mol. The predicted octanol–water partition coefficient (Wildman–Crippen LogP) is 8.08. The maximum atomic E-state index is 13.0. The minimum absolute atomic E-state index is 0.0300. The topological polar surface area (TPSA) is 102 Å². The number of nitrogens with one attached hydrogen (secondary N) is 2. The average molecular weight is 691 g/mol. The van der Waals surface area contributed by atoms with Gasteiger partial charge in [-0.3, -0.25) is 14.2 Å². The van der Waals surface area contributed by atoms with Crippen molar-refractivity contribution in [1.82, 2.24) is 19.7 Å². The van der Waals surface area contributed by atoms with Crippen LogP contribution in [-0.4, -0.2) is 43.1 Å². The number of carbonyl (C=O) groups excluding carboxylic acids is 2. The van der Waals surface area contributed by atoms with E-state index in [4.69, 9.17) is 0 Å². The molecule has 0 radical (unpaired) electrons. The summed E-state index contributed by atoms with van der Waals surface area (Å²) in [7, 11) is 0. The van der Waals surface area contributed by atoms with Crippen LogP contribution in [0.1, 0.15) is 11.1 Å². The number of alkyl halides is 3. The van der Waals surface area contributed by atoms with Gasteiger partial charge in [-0.25, -0.2) is 4.98 Å². The Kier molecular flexibility index (Phi) is 9.90. The largest absolute Gasteiger partial charge is 0.416 e. The summed E-state index contributed by atoms with van der Waals surface area (Å²) in [5, 5.41) is 14.9. The molecule has 2 heterocycles. The first kappa shape index (κ1) is 32.3. The van der Waals surface area contributed by atoms with Gasteiger partial charge >= 0.3 is 6.18 Å². The molecule has 2 amide bonds. The van der Waals surface area contributed by atoms with Crippen LogP contribution in [0.3, 0.4) is 0 Å². The van der Waals surface area contributed by atoms with Crippen LogP contribution < -0.4 is 10.6 Å². The zero-order valence-corrected chi connectivity index (χ0v) is 26.8. The SMILES string of the molecule is O=C(CSc1nc2ccc(NC(=O)CSc3nnc(-c4ccccc4)n3Cc3ccccc3)cc2s1)Nc1cccc(C(F)(F)F)c1. The fourth-order valence-corrected chi connectivity index (χ4v) is 7.22. The van der Waals surface area contributed by atoms with Crippen LogP contribution >= 0.6 is 34.9 Å². The van der Waals surface area contributed by atoms with E-state index in [1.165, 1.54) is 47.0 Å².